The zero-order chi connectivity index (χ0) is 22.1. The zero-order valence-electron chi connectivity index (χ0n) is 18.6. The van der Waals surface area contributed by atoms with Crippen LogP contribution in [0.1, 0.15) is 32.2 Å². The molecule has 1 fully saturated rings. The highest BCUT2D eigenvalue weighted by Crippen LogP contribution is 2.18. The van der Waals surface area contributed by atoms with Crippen molar-refractivity contribution in [3.63, 3.8) is 0 Å². The van der Waals surface area contributed by atoms with Gasteiger partial charge in [0.05, 0.1) is 6.61 Å². The van der Waals surface area contributed by atoms with Crippen molar-refractivity contribution in [2.75, 3.05) is 45.9 Å². The number of carbonyl (C=O) groups is 1. The number of piperazine rings is 1. The summed E-state index contributed by atoms with van der Waals surface area (Å²) in [6, 6.07) is 8.16. The smallest absolute Gasteiger partial charge is 0.409 e. The Bertz CT molecular complexity index is 856. The minimum absolute atomic E-state index is 0.237. The molecule has 2 heterocycles. The van der Waals surface area contributed by atoms with Gasteiger partial charge in [0.25, 0.3) is 5.89 Å². The summed E-state index contributed by atoms with van der Waals surface area (Å²) < 4.78 is 10.4. The second-order valence-electron chi connectivity index (χ2n) is 7.22. The molecule has 0 atom stereocenters. The number of benzene rings is 1. The number of aliphatic imine (C=N–C) groups is 1. The largest absolute Gasteiger partial charge is 0.450 e. The summed E-state index contributed by atoms with van der Waals surface area (Å²) in [6.07, 6.45) is 1.35. The van der Waals surface area contributed by atoms with E-state index in [9.17, 15) is 4.79 Å². The molecule has 9 heteroatoms. The summed E-state index contributed by atoms with van der Waals surface area (Å²) >= 11 is 0. The lowest BCUT2D eigenvalue weighted by atomic mass is 10.1. The lowest BCUT2D eigenvalue weighted by molar-refractivity contribution is 0.0914. The first-order valence-electron chi connectivity index (χ1n) is 11.0. The molecule has 3 rings (SSSR count). The highest BCUT2D eigenvalue weighted by atomic mass is 16.6. The standard InChI is InChI=1S/C22H32N6O3/c1-4-19-25-20(31-26-19)18-9-7-17(8-10-18)11-12-24-21(23-5-2)27-13-15-28(16-14-27)22(29)30-6-3/h7-10H,4-6,11-16H2,1-3H3,(H,23,24). The molecule has 0 aliphatic carbocycles. The lowest BCUT2D eigenvalue weighted by Gasteiger charge is -2.35. The van der Waals surface area contributed by atoms with Gasteiger partial charge in [0.1, 0.15) is 0 Å². The maximum atomic E-state index is 11.9. The Morgan fingerprint density at radius 1 is 1.13 bits per heavy atom. The fourth-order valence-corrected chi connectivity index (χ4v) is 3.36. The Labute approximate surface area is 183 Å². The Morgan fingerprint density at radius 3 is 2.45 bits per heavy atom. The van der Waals surface area contributed by atoms with Crippen molar-refractivity contribution in [1.82, 2.24) is 25.3 Å². The van der Waals surface area contributed by atoms with Gasteiger partial charge in [0.15, 0.2) is 11.8 Å². The first-order valence-corrected chi connectivity index (χ1v) is 11.0. The first-order chi connectivity index (χ1) is 15.1. The zero-order valence-corrected chi connectivity index (χ0v) is 18.6. The second kappa shape index (κ2) is 11.3. The van der Waals surface area contributed by atoms with Gasteiger partial charge in [-0.1, -0.05) is 24.2 Å². The van der Waals surface area contributed by atoms with Crippen molar-refractivity contribution in [3.8, 4) is 11.5 Å². The third-order valence-corrected chi connectivity index (χ3v) is 5.09. The Morgan fingerprint density at radius 2 is 1.84 bits per heavy atom. The average Bonchev–Trinajstić information content (AvgIpc) is 3.29. The fourth-order valence-electron chi connectivity index (χ4n) is 3.36. The number of amides is 1. The van der Waals surface area contributed by atoms with E-state index in [0.29, 0.717) is 38.0 Å². The molecule has 168 valence electrons. The van der Waals surface area contributed by atoms with Gasteiger partial charge < -0.3 is 24.4 Å². The molecule has 9 nitrogen and oxygen atoms in total. The number of carbonyl (C=O) groups excluding carboxylic acids is 1. The number of hydrogen-bond donors (Lipinski definition) is 1. The van der Waals surface area contributed by atoms with Crippen LogP contribution in [0.3, 0.4) is 0 Å². The lowest BCUT2D eigenvalue weighted by Crippen LogP contribution is -2.54. The van der Waals surface area contributed by atoms with E-state index in [1.165, 1.54) is 5.56 Å². The topological polar surface area (TPSA) is 96.1 Å². The van der Waals surface area contributed by atoms with Crippen molar-refractivity contribution in [1.29, 1.82) is 0 Å². The van der Waals surface area contributed by atoms with E-state index < -0.39 is 0 Å². The SMILES string of the molecule is CCNC(=NCCc1ccc(-c2nc(CC)no2)cc1)N1CCN(C(=O)OCC)CC1. The molecule has 1 N–H and O–H groups in total. The van der Waals surface area contributed by atoms with Crippen molar-refractivity contribution in [2.45, 2.75) is 33.6 Å². The van der Waals surface area contributed by atoms with Crippen LogP contribution in [-0.4, -0.2) is 77.9 Å². The van der Waals surface area contributed by atoms with Crippen molar-refractivity contribution < 1.29 is 14.1 Å². The van der Waals surface area contributed by atoms with E-state index >= 15 is 0 Å². The third-order valence-electron chi connectivity index (χ3n) is 5.09. The van der Waals surface area contributed by atoms with Gasteiger partial charge in [-0.05, 0) is 38.0 Å². The second-order valence-corrected chi connectivity index (χ2v) is 7.22. The summed E-state index contributed by atoms with van der Waals surface area (Å²) in [5.74, 6) is 2.16. The molecule has 0 spiro atoms. The maximum Gasteiger partial charge on any atom is 0.409 e. The fraction of sp³-hybridized carbons (Fsp3) is 0.545. The van der Waals surface area contributed by atoms with Gasteiger partial charge in [-0.2, -0.15) is 4.98 Å². The third kappa shape index (κ3) is 6.19. The van der Waals surface area contributed by atoms with Gasteiger partial charge in [0, 0.05) is 51.3 Å². The molecular formula is C22H32N6O3. The number of aryl methyl sites for hydroxylation is 1. The first kappa shape index (κ1) is 22.6. The van der Waals surface area contributed by atoms with E-state index in [1.54, 1.807) is 4.90 Å². The average molecular weight is 429 g/mol. The van der Waals surface area contributed by atoms with Gasteiger partial charge in [0.2, 0.25) is 0 Å². The number of rotatable bonds is 7. The molecule has 1 aliphatic heterocycles. The highest BCUT2D eigenvalue weighted by molar-refractivity contribution is 5.80. The van der Waals surface area contributed by atoms with Gasteiger partial charge in [-0.3, -0.25) is 4.99 Å². The molecule has 0 radical (unpaired) electrons. The number of aromatic nitrogens is 2. The molecule has 0 unspecified atom stereocenters. The van der Waals surface area contributed by atoms with Crippen LogP contribution in [0, 0.1) is 0 Å². The molecule has 0 saturated carbocycles. The molecule has 2 aromatic rings. The van der Waals surface area contributed by atoms with Gasteiger partial charge in [-0.15, -0.1) is 0 Å². The molecule has 1 saturated heterocycles. The van der Waals surface area contributed by atoms with E-state index in [0.717, 1.165) is 44.0 Å². The Balaban J connectivity index is 1.53. The van der Waals surface area contributed by atoms with Crippen LogP contribution in [0.4, 0.5) is 4.79 Å². The van der Waals surface area contributed by atoms with Crippen LogP contribution in [0.2, 0.25) is 0 Å². The molecule has 1 amide bonds. The van der Waals surface area contributed by atoms with E-state index in [4.69, 9.17) is 14.3 Å². The Kier molecular flexibility index (Phi) is 8.26. The molecule has 0 bridgehead atoms. The number of guanidine groups is 1. The number of nitrogens with one attached hydrogen (secondary N) is 1. The minimum atomic E-state index is -0.237. The van der Waals surface area contributed by atoms with Crippen molar-refractivity contribution >= 4 is 12.1 Å². The predicted molar refractivity (Wildman–Crippen MR) is 119 cm³/mol. The predicted octanol–water partition coefficient (Wildman–Crippen LogP) is 2.58. The Hall–Kier alpha value is -3.10. The van der Waals surface area contributed by atoms with Crippen LogP contribution in [0.15, 0.2) is 33.8 Å². The van der Waals surface area contributed by atoms with Crippen molar-refractivity contribution in [2.24, 2.45) is 4.99 Å². The minimum Gasteiger partial charge on any atom is -0.450 e. The van der Waals surface area contributed by atoms with Crippen LogP contribution in [0.5, 0.6) is 0 Å². The van der Waals surface area contributed by atoms with Crippen LogP contribution >= 0.6 is 0 Å². The maximum absolute atomic E-state index is 11.9. The monoisotopic (exact) mass is 428 g/mol. The van der Waals surface area contributed by atoms with Crippen LogP contribution in [0.25, 0.3) is 11.5 Å². The highest BCUT2D eigenvalue weighted by Gasteiger charge is 2.23. The molecule has 1 aromatic carbocycles. The van der Waals surface area contributed by atoms with Gasteiger partial charge in [-0.25, -0.2) is 4.79 Å². The van der Waals surface area contributed by atoms with Gasteiger partial charge >= 0.3 is 6.09 Å². The summed E-state index contributed by atoms with van der Waals surface area (Å²) in [5.41, 5.74) is 2.12. The number of ether oxygens (including phenoxy) is 1. The van der Waals surface area contributed by atoms with Crippen molar-refractivity contribution in [3.05, 3.63) is 35.7 Å². The normalized spacial score (nSPS) is 14.6. The number of nitrogens with zero attached hydrogens (tertiary/aromatic N) is 5. The molecule has 1 aliphatic rings. The van der Waals surface area contributed by atoms with E-state index in [1.807, 2.05) is 26.0 Å². The van der Waals surface area contributed by atoms with Crippen LogP contribution in [-0.2, 0) is 17.6 Å². The molecule has 1 aromatic heterocycles. The van der Waals surface area contributed by atoms with E-state index in [2.05, 4.69) is 39.4 Å². The summed E-state index contributed by atoms with van der Waals surface area (Å²) in [7, 11) is 0. The summed E-state index contributed by atoms with van der Waals surface area (Å²) in [5, 5.41) is 7.30. The summed E-state index contributed by atoms with van der Waals surface area (Å²) in [6.45, 7) is 10.5. The molecule has 31 heavy (non-hydrogen) atoms. The number of hydrogen-bond acceptors (Lipinski definition) is 6. The molecular weight excluding hydrogens is 396 g/mol. The summed E-state index contributed by atoms with van der Waals surface area (Å²) in [4.78, 5) is 25.0. The van der Waals surface area contributed by atoms with E-state index in [-0.39, 0.29) is 6.09 Å². The van der Waals surface area contributed by atoms with Crippen LogP contribution < -0.4 is 5.32 Å². The quantitative estimate of drug-likeness (QED) is 0.535.